The van der Waals surface area contributed by atoms with Crippen molar-refractivity contribution in [2.45, 2.75) is 20.8 Å². The molecule has 0 fully saturated rings. The Labute approximate surface area is 219 Å². The Morgan fingerprint density at radius 2 is 1.20 bits per heavy atom. The first-order chi connectivity index (χ1) is 17.0. The Morgan fingerprint density at radius 3 is 1.66 bits per heavy atom. The van der Waals surface area contributed by atoms with Crippen LogP contribution in [0.2, 0.25) is 10.0 Å². The quantitative estimate of drug-likeness (QED) is 0.183. The summed E-state index contributed by atoms with van der Waals surface area (Å²) in [4.78, 5) is 13.3. The highest BCUT2D eigenvalue weighted by molar-refractivity contribution is 7.66. The predicted molar refractivity (Wildman–Crippen MR) is 141 cm³/mol. The van der Waals surface area contributed by atoms with E-state index in [1.54, 1.807) is 30.3 Å². The molecule has 0 aliphatic rings. The lowest BCUT2D eigenvalue weighted by atomic mass is 10.2. The maximum Gasteiger partial charge on any atom is 0.188 e. The minimum absolute atomic E-state index is 0.227. The summed E-state index contributed by atoms with van der Waals surface area (Å²) in [5, 5.41) is 1.18. The first-order valence-corrected chi connectivity index (χ1v) is 13.3. The standard InChI is InChI=1S/C25H33Cl2O7P/c1-4-29-10-13-32-18-16-21(33-14-11-30-5-2)24(22(17-18)34-15-12-31-6-3)35-25(28)23-19(26)8-7-9-20(23)27/h7-9,16-17,35H,4-6,10-15H2,1-3H3. The van der Waals surface area contributed by atoms with E-state index in [0.29, 0.717) is 92.1 Å². The summed E-state index contributed by atoms with van der Waals surface area (Å²) in [6, 6.07) is 8.47. The van der Waals surface area contributed by atoms with E-state index in [1.807, 2.05) is 20.8 Å². The van der Waals surface area contributed by atoms with Crippen molar-refractivity contribution in [3.8, 4) is 17.2 Å². The number of ether oxygens (including phenoxy) is 6. The third-order valence-electron chi connectivity index (χ3n) is 4.55. The average Bonchev–Trinajstić information content (AvgIpc) is 2.84. The number of benzene rings is 2. The molecule has 7 nitrogen and oxygen atoms in total. The molecule has 0 spiro atoms. The van der Waals surface area contributed by atoms with E-state index < -0.39 is 0 Å². The van der Waals surface area contributed by atoms with Gasteiger partial charge in [-0.05, 0) is 41.5 Å². The molecule has 1 unspecified atom stereocenters. The maximum absolute atomic E-state index is 13.3. The molecule has 0 aliphatic heterocycles. The van der Waals surface area contributed by atoms with Gasteiger partial charge in [0.15, 0.2) is 5.52 Å². The molecule has 1 atom stereocenters. The van der Waals surface area contributed by atoms with Gasteiger partial charge in [-0.15, -0.1) is 0 Å². The molecule has 2 rings (SSSR count). The van der Waals surface area contributed by atoms with Gasteiger partial charge in [0.05, 0.1) is 40.7 Å². The third kappa shape index (κ3) is 10.1. The molecule has 0 radical (unpaired) electrons. The van der Waals surface area contributed by atoms with Gasteiger partial charge < -0.3 is 28.4 Å². The second-order valence-electron chi connectivity index (χ2n) is 6.98. The van der Waals surface area contributed by atoms with E-state index in [1.165, 1.54) is 0 Å². The van der Waals surface area contributed by atoms with Crippen molar-refractivity contribution in [3.63, 3.8) is 0 Å². The molecule has 0 amide bonds. The molecule has 2 aromatic carbocycles. The van der Waals surface area contributed by atoms with E-state index in [4.69, 9.17) is 51.6 Å². The van der Waals surface area contributed by atoms with Gasteiger partial charge in [0.2, 0.25) is 0 Å². The number of hydrogen-bond donors (Lipinski definition) is 0. The lowest BCUT2D eigenvalue weighted by Crippen LogP contribution is -2.17. The van der Waals surface area contributed by atoms with Crippen molar-refractivity contribution in [2.24, 2.45) is 0 Å². The van der Waals surface area contributed by atoms with Crippen molar-refractivity contribution >= 4 is 42.6 Å². The third-order valence-corrected chi connectivity index (χ3v) is 6.40. The van der Waals surface area contributed by atoms with E-state index in [0.717, 1.165) is 0 Å². The molecule has 0 aliphatic carbocycles. The number of rotatable bonds is 18. The largest absolute Gasteiger partial charge is 0.491 e. The summed E-state index contributed by atoms with van der Waals surface area (Å²) in [5.41, 5.74) is 0.0432. The van der Waals surface area contributed by atoms with E-state index in [-0.39, 0.29) is 19.7 Å². The highest BCUT2D eigenvalue weighted by Gasteiger charge is 2.22. The topological polar surface area (TPSA) is 72.5 Å². The molecule has 0 heterocycles. The van der Waals surface area contributed by atoms with Gasteiger partial charge in [-0.3, -0.25) is 4.79 Å². The summed E-state index contributed by atoms with van der Waals surface area (Å²) in [7, 11) is -0.350. The van der Waals surface area contributed by atoms with Gasteiger partial charge in [0.1, 0.15) is 37.1 Å². The Bertz CT molecular complexity index is 873. The molecule has 194 valence electrons. The predicted octanol–water partition coefficient (Wildman–Crippen LogP) is 5.38. The van der Waals surface area contributed by atoms with Gasteiger partial charge in [-0.25, -0.2) is 0 Å². The van der Waals surface area contributed by atoms with Crippen molar-refractivity contribution in [1.82, 2.24) is 0 Å². The Balaban J connectivity index is 2.38. The molecule has 0 saturated carbocycles. The zero-order chi connectivity index (χ0) is 25.5. The molecule has 0 N–H and O–H groups in total. The van der Waals surface area contributed by atoms with Gasteiger partial charge >= 0.3 is 0 Å². The van der Waals surface area contributed by atoms with Crippen molar-refractivity contribution in [2.75, 3.05) is 59.5 Å². The van der Waals surface area contributed by atoms with E-state index >= 15 is 0 Å². The maximum atomic E-state index is 13.3. The summed E-state index contributed by atoms with van der Waals surface area (Å²) in [5.74, 6) is 1.49. The molecule has 0 bridgehead atoms. The monoisotopic (exact) mass is 546 g/mol. The fraction of sp³-hybridized carbons (Fsp3) is 0.480. The SMILES string of the molecule is CCOCCOc1cc(OCCOCC)c(PC(=O)c2c(Cl)cccc2Cl)c(OCCOCC)c1. The van der Waals surface area contributed by atoms with Crippen LogP contribution in [0.15, 0.2) is 30.3 Å². The van der Waals surface area contributed by atoms with Crippen LogP contribution in [0.3, 0.4) is 0 Å². The fourth-order valence-electron chi connectivity index (χ4n) is 2.96. The van der Waals surface area contributed by atoms with Crippen LogP contribution in [0.4, 0.5) is 0 Å². The highest BCUT2D eigenvalue weighted by Crippen LogP contribution is 2.37. The van der Waals surface area contributed by atoms with Crippen molar-refractivity contribution in [1.29, 1.82) is 0 Å². The molecule has 0 saturated heterocycles. The summed E-state index contributed by atoms with van der Waals surface area (Å²) in [6.07, 6.45) is 0. The van der Waals surface area contributed by atoms with Crippen LogP contribution in [0.25, 0.3) is 0 Å². The second kappa shape index (κ2) is 17.0. The number of hydrogen-bond acceptors (Lipinski definition) is 7. The van der Waals surface area contributed by atoms with Crippen LogP contribution in [-0.2, 0) is 14.2 Å². The molecule has 2 aromatic rings. The second-order valence-corrected chi connectivity index (χ2v) is 9.00. The summed E-state index contributed by atoms with van der Waals surface area (Å²) >= 11 is 12.6. The van der Waals surface area contributed by atoms with Gasteiger partial charge in [0.25, 0.3) is 0 Å². The summed E-state index contributed by atoms with van der Waals surface area (Å²) in [6.45, 7) is 9.72. The lowest BCUT2D eigenvalue weighted by molar-refractivity contribution is 0.105. The fourth-order valence-corrected chi connectivity index (χ4v) is 4.85. The highest BCUT2D eigenvalue weighted by atomic mass is 35.5. The molecule has 10 heteroatoms. The first kappa shape index (κ1) is 29.6. The van der Waals surface area contributed by atoms with E-state index in [9.17, 15) is 4.79 Å². The molecule has 35 heavy (non-hydrogen) atoms. The lowest BCUT2D eigenvalue weighted by Gasteiger charge is -2.19. The van der Waals surface area contributed by atoms with Crippen LogP contribution in [-0.4, -0.2) is 65.0 Å². The molecular formula is C25H33Cl2O7P. The van der Waals surface area contributed by atoms with Crippen molar-refractivity contribution < 1.29 is 33.2 Å². The molecule has 0 aromatic heterocycles. The zero-order valence-electron chi connectivity index (χ0n) is 20.4. The Morgan fingerprint density at radius 1 is 0.743 bits per heavy atom. The average molecular weight is 547 g/mol. The Hall–Kier alpha value is -1.60. The number of carbonyl (C=O) groups excluding carboxylic acids is 1. The number of halogens is 2. The Kier molecular flexibility index (Phi) is 14.4. The normalized spacial score (nSPS) is 11.2. The zero-order valence-corrected chi connectivity index (χ0v) is 22.9. The van der Waals surface area contributed by atoms with Crippen LogP contribution < -0.4 is 19.5 Å². The summed E-state index contributed by atoms with van der Waals surface area (Å²) < 4.78 is 34.0. The minimum atomic E-state index is -0.350. The van der Waals surface area contributed by atoms with Crippen LogP contribution >= 0.6 is 31.8 Å². The van der Waals surface area contributed by atoms with Gasteiger partial charge in [-0.1, -0.05) is 29.3 Å². The van der Waals surface area contributed by atoms with Crippen LogP contribution in [0.5, 0.6) is 17.2 Å². The smallest absolute Gasteiger partial charge is 0.188 e. The van der Waals surface area contributed by atoms with Gasteiger partial charge in [-0.2, -0.15) is 0 Å². The molecular weight excluding hydrogens is 514 g/mol. The van der Waals surface area contributed by atoms with Crippen LogP contribution in [0.1, 0.15) is 31.1 Å². The van der Waals surface area contributed by atoms with Crippen molar-refractivity contribution in [3.05, 3.63) is 45.9 Å². The first-order valence-electron chi connectivity index (χ1n) is 11.6. The van der Waals surface area contributed by atoms with Gasteiger partial charge in [0, 0.05) is 32.0 Å². The van der Waals surface area contributed by atoms with E-state index in [2.05, 4.69) is 0 Å². The number of carbonyl (C=O) groups is 1. The van der Waals surface area contributed by atoms with Crippen LogP contribution in [0, 0.1) is 0 Å². The minimum Gasteiger partial charge on any atom is -0.491 e.